The maximum absolute atomic E-state index is 5.35. The van der Waals surface area contributed by atoms with Gasteiger partial charge < -0.3 is 10.1 Å². The van der Waals surface area contributed by atoms with Gasteiger partial charge >= 0.3 is 0 Å². The first-order chi connectivity index (χ1) is 4.47. The highest BCUT2D eigenvalue weighted by Crippen LogP contribution is 2.23. The van der Waals surface area contributed by atoms with Gasteiger partial charge in [-0.05, 0) is 0 Å². The minimum atomic E-state index is 0.664. The summed E-state index contributed by atoms with van der Waals surface area (Å²) in [5.41, 5.74) is 0. The summed E-state index contributed by atoms with van der Waals surface area (Å²) >= 11 is 2.05. The van der Waals surface area contributed by atoms with Crippen molar-refractivity contribution in [1.82, 2.24) is 5.32 Å². The maximum atomic E-state index is 5.35. The summed E-state index contributed by atoms with van der Waals surface area (Å²) in [4.78, 5) is 0. The van der Waals surface area contributed by atoms with Crippen LogP contribution >= 0.6 is 11.8 Å². The molecule has 0 aromatic rings. The van der Waals surface area contributed by atoms with Gasteiger partial charge in [0.1, 0.15) is 0 Å². The van der Waals surface area contributed by atoms with Crippen molar-refractivity contribution in [3.05, 3.63) is 0 Å². The average molecular weight is 145 g/mol. The number of hydrogen-bond donors (Lipinski definition) is 1. The molecule has 52 valence electrons. The van der Waals surface area contributed by atoms with E-state index in [-0.39, 0.29) is 0 Å². The standard InChI is InChI=1S/C6H11NOS/c1-2-9-6-3-7-5(6)4-8-1/h5-7H,1-4H2. The lowest BCUT2D eigenvalue weighted by molar-refractivity contribution is 0.113. The molecule has 0 aliphatic carbocycles. The molecular formula is C6H11NOS. The predicted molar refractivity (Wildman–Crippen MR) is 38.9 cm³/mol. The van der Waals surface area contributed by atoms with Crippen LogP contribution in [0.15, 0.2) is 0 Å². The van der Waals surface area contributed by atoms with Crippen LogP contribution in [0.3, 0.4) is 0 Å². The molecule has 0 spiro atoms. The SMILES string of the molecule is C1CSC2CNC2CO1. The van der Waals surface area contributed by atoms with Crippen LogP contribution in [0, 0.1) is 0 Å². The Morgan fingerprint density at radius 2 is 2.56 bits per heavy atom. The molecule has 0 amide bonds. The fraction of sp³-hybridized carbons (Fsp3) is 1.00. The lowest BCUT2D eigenvalue weighted by Gasteiger charge is -2.35. The summed E-state index contributed by atoms with van der Waals surface area (Å²) in [5, 5.41) is 4.20. The van der Waals surface area contributed by atoms with Crippen LogP contribution in [0.5, 0.6) is 0 Å². The van der Waals surface area contributed by atoms with Gasteiger partial charge in [-0.1, -0.05) is 0 Å². The van der Waals surface area contributed by atoms with E-state index in [1.54, 1.807) is 0 Å². The molecule has 0 radical (unpaired) electrons. The van der Waals surface area contributed by atoms with Crippen LogP contribution in [0.25, 0.3) is 0 Å². The second-order valence-electron chi connectivity index (χ2n) is 2.50. The second kappa shape index (κ2) is 2.48. The Morgan fingerprint density at radius 1 is 1.56 bits per heavy atom. The van der Waals surface area contributed by atoms with Crippen molar-refractivity contribution in [2.24, 2.45) is 0 Å². The summed E-state index contributed by atoms with van der Waals surface area (Å²) in [5.74, 6) is 1.18. The summed E-state index contributed by atoms with van der Waals surface area (Å²) in [6.45, 7) is 3.07. The van der Waals surface area contributed by atoms with Gasteiger partial charge in [0.2, 0.25) is 0 Å². The topological polar surface area (TPSA) is 21.3 Å². The van der Waals surface area contributed by atoms with Gasteiger partial charge in [-0.3, -0.25) is 0 Å². The molecule has 2 rings (SSSR count). The second-order valence-corrected chi connectivity index (χ2v) is 3.85. The zero-order chi connectivity index (χ0) is 6.10. The van der Waals surface area contributed by atoms with Gasteiger partial charge in [-0.15, -0.1) is 0 Å². The average Bonchev–Trinajstić information content (AvgIpc) is 1.94. The van der Waals surface area contributed by atoms with Gasteiger partial charge in [0, 0.05) is 23.6 Å². The van der Waals surface area contributed by atoms with E-state index >= 15 is 0 Å². The minimum Gasteiger partial charge on any atom is -0.379 e. The Kier molecular flexibility index (Phi) is 1.66. The molecule has 2 aliphatic heterocycles. The third-order valence-corrected chi connectivity index (χ3v) is 3.21. The molecule has 2 atom stereocenters. The van der Waals surface area contributed by atoms with Crippen LogP contribution in [-0.2, 0) is 4.74 Å². The first kappa shape index (κ1) is 6.01. The van der Waals surface area contributed by atoms with E-state index in [0.29, 0.717) is 6.04 Å². The highest BCUT2D eigenvalue weighted by molar-refractivity contribution is 8.00. The first-order valence-corrected chi connectivity index (χ1v) is 4.44. The van der Waals surface area contributed by atoms with E-state index in [2.05, 4.69) is 5.32 Å². The van der Waals surface area contributed by atoms with E-state index in [4.69, 9.17) is 4.74 Å². The minimum absolute atomic E-state index is 0.664. The maximum Gasteiger partial charge on any atom is 0.0631 e. The van der Waals surface area contributed by atoms with Crippen LogP contribution in [0.1, 0.15) is 0 Å². The lowest BCUT2D eigenvalue weighted by Crippen LogP contribution is -2.57. The molecule has 9 heavy (non-hydrogen) atoms. The number of ether oxygens (including phenoxy) is 1. The van der Waals surface area contributed by atoms with Crippen molar-refractivity contribution < 1.29 is 4.74 Å². The van der Waals surface area contributed by atoms with Crippen LogP contribution < -0.4 is 5.32 Å². The summed E-state index contributed by atoms with van der Waals surface area (Å²) in [6.07, 6.45) is 0. The van der Waals surface area contributed by atoms with Gasteiger partial charge in [-0.2, -0.15) is 11.8 Å². The van der Waals surface area contributed by atoms with Gasteiger partial charge in [0.05, 0.1) is 13.2 Å². The number of fused-ring (bicyclic) bond motifs is 1. The molecule has 2 heterocycles. The fourth-order valence-corrected chi connectivity index (χ4v) is 2.33. The Morgan fingerprint density at radius 3 is 3.33 bits per heavy atom. The molecule has 2 nitrogen and oxygen atoms in total. The van der Waals surface area contributed by atoms with Crippen molar-refractivity contribution in [2.75, 3.05) is 25.5 Å². The van der Waals surface area contributed by atoms with E-state index < -0.39 is 0 Å². The van der Waals surface area contributed by atoms with E-state index in [1.165, 1.54) is 12.3 Å². The van der Waals surface area contributed by atoms with E-state index in [0.717, 1.165) is 18.5 Å². The van der Waals surface area contributed by atoms with Crippen molar-refractivity contribution in [3.8, 4) is 0 Å². The molecule has 0 aromatic carbocycles. The highest BCUT2D eigenvalue weighted by atomic mass is 32.2. The fourth-order valence-electron chi connectivity index (χ4n) is 1.19. The third-order valence-electron chi connectivity index (χ3n) is 1.89. The number of thioether (sulfide) groups is 1. The van der Waals surface area contributed by atoms with Crippen molar-refractivity contribution in [1.29, 1.82) is 0 Å². The van der Waals surface area contributed by atoms with Crippen LogP contribution in [0.4, 0.5) is 0 Å². The van der Waals surface area contributed by atoms with Crippen molar-refractivity contribution in [2.45, 2.75) is 11.3 Å². The van der Waals surface area contributed by atoms with Crippen molar-refractivity contribution in [3.63, 3.8) is 0 Å². The molecule has 2 aliphatic rings. The Balaban J connectivity index is 1.90. The normalized spacial score (nSPS) is 42.7. The molecule has 2 fully saturated rings. The smallest absolute Gasteiger partial charge is 0.0631 e. The Bertz CT molecular complexity index is 97.2. The Labute approximate surface area is 59.3 Å². The Hall–Kier alpha value is 0.270. The summed E-state index contributed by atoms with van der Waals surface area (Å²) in [7, 11) is 0. The molecule has 1 N–H and O–H groups in total. The van der Waals surface area contributed by atoms with Gasteiger partial charge in [0.25, 0.3) is 0 Å². The number of rotatable bonds is 0. The highest BCUT2D eigenvalue weighted by Gasteiger charge is 2.31. The molecule has 0 bridgehead atoms. The summed E-state index contributed by atoms with van der Waals surface area (Å²) < 4.78 is 5.35. The van der Waals surface area contributed by atoms with E-state index in [9.17, 15) is 0 Å². The van der Waals surface area contributed by atoms with Crippen LogP contribution in [-0.4, -0.2) is 36.8 Å². The number of hydrogen-bond acceptors (Lipinski definition) is 3. The first-order valence-electron chi connectivity index (χ1n) is 3.39. The molecular weight excluding hydrogens is 134 g/mol. The predicted octanol–water partition coefficient (Wildman–Crippen LogP) is 0.0902. The molecule has 3 heteroatoms. The zero-order valence-corrected chi connectivity index (χ0v) is 6.12. The summed E-state index contributed by atoms with van der Waals surface area (Å²) in [6, 6.07) is 0.664. The lowest BCUT2D eigenvalue weighted by atomic mass is 10.1. The molecule has 2 saturated heterocycles. The van der Waals surface area contributed by atoms with Crippen LogP contribution in [0.2, 0.25) is 0 Å². The quantitative estimate of drug-likeness (QED) is 0.522. The molecule has 0 saturated carbocycles. The van der Waals surface area contributed by atoms with Crippen molar-refractivity contribution >= 4 is 11.8 Å². The third kappa shape index (κ3) is 1.09. The van der Waals surface area contributed by atoms with Gasteiger partial charge in [-0.25, -0.2) is 0 Å². The molecule has 0 aromatic heterocycles. The molecule has 2 unspecified atom stereocenters. The largest absolute Gasteiger partial charge is 0.379 e. The number of nitrogens with one attached hydrogen (secondary N) is 1. The van der Waals surface area contributed by atoms with E-state index in [1.807, 2.05) is 11.8 Å². The zero-order valence-electron chi connectivity index (χ0n) is 5.30. The monoisotopic (exact) mass is 145 g/mol. The van der Waals surface area contributed by atoms with Gasteiger partial charge in [0.15, 0.2) is 0 Å².